The Bertz CT molecular complexity index is 351. The minimum Gasteiger partial charge on any atom is -0.323 e. The monoisotopic (exact) mass is 158 g/mol. The minimum atomic E-state index is -3.15. The third-order valence-corrected chi connectivity index (χ3v) is 2.92. The molecule has 1 aliphatic heterocycles. The van der Waals surface area contributed by atoms with Gasteiger partial charge in [0.25, 0.3) is 10.0 Å². The Morgan fingerprint density at radius 1 is 1.60 bits per heavy atom. The maximum Gasteiger partial charge on any atom is 0.257 e. The fourth-order valence-corrected chi connectivity index (χ4v) is 2.15. The molecule has 0 radical (unpaired) electrons. The third kappa shape index (κ3) is 0.614. The van der Waals surface area contributed by atoms with E-state index in [0.29, 0.717) is 11.7 Å². The minimum absolute atomic E-state index is 0.354. The van der Waals surface area contributed by atoms with Gasteiger partial charge in [0.2, 0.25) is 0 Å². The summed E-state index contributed by atoms with van der Waals surface area (Å²) >= 11 is 0. The molecule has 0 spiro atoms. The van der Waals surface area contributed by atoms with E-state index >= 15 is 0 Å². The first-order valence-corrected chi connectivity index (χ1v) is 4.33. The lowest BCUT2D eigenvalue weighted by molar-refractivity contribution is 0.589. The Morgan fingerprint density at radius 2 is 2.40 bits per heavy atom. The van der Waals surface area contributed by atoms with Crippen LogP contribution in [-0.2, 0) is 16.7 Å². The third-order valence-electron chi connectivity index (χ3n) is 1.49. The molecule has 1 aromatic rings. The van der Waals surface area contributed by atoms with Crippen molar-refractivity contribution >= 4 is 10.0 Å². The van der Waals surface area contributed by atoms with Gasteiger partial charge in [-0.3, -0.25) is 0 Å². The second-order valence-electron chi connectivity index (χ2n) is 2.12. The molecule has 0 aromatic carbocycles. The van der Waals surface area contributed by atoms with Gasteiger partial charge in [-0.25, -0.2) is 8.42 Å². The Morgan fingerprint density at radius 3 is 3.10 bits per heavy atom. The molecule has 1 N–H and O–H groups in total. The van der Waals surface area contributed by atoms with Crippen molar-refractivity contribution in [1.29, 1.82) is 0 Å². The second-order valence-corrected chi connectivity index (χ2v) is 3.84. The molecule has 1 aliphatic rings. The molecule has 0 unspecified atom stereocenters. The number of hydrogen-bond donors (Lipinski definition) is 1. The van der Waals surface area contributed by atoms with E-state index in [1.165, 1.54) is 0 Å². The lowest BCUT2D eigenvalue weighted by Crippen LogP contribution is -2.14. The van der Waals surface area contributed by atoms with E-state index in [1.807, 2.05) is 0 Å². The molecule has 2 heterocycles. The fourth-order valence-electron chi connectivity index (χ4n) is 1.00. The van der Waals surface area contributed by atoms with Crippen molar-refractivity contribution < 1.29 is 8.42 Å². The highest BCUT2D eigenvalue weighted by atomic mass is 32.2. The first kappa shape index (κ1) is 5.94. The average molecular weight is 158 g/mol. The molecule has 54 valence electrons. The van der Waals surface area contributed by atoms with Gasteiger partial charge in [0.05, 0.1) is 6.67 Å². The van der Waals surface area contributed by atoms with E-state index in [9.17, 15) is 8.42 Å². The van der Waals surface area contributed by atoms with Crippen molar-refractivity contribution in [2.24, 2.45) is 0 Å². The van der Waals surface area contributed by atoms with Crippen LogP contribution in [0.2, 0.25) is 0 Å². The quantitative estimate of drug-likeness (QED) is 0.565. The van der Waals surface area contributed by atoms with Crippen molar-refractivity contribution in [2.75, 3.05) is 0 Å². The van der Waals surface area contributed by atoms with Crippen molar-refractivity contribution in [3.63, 3.8) is 0 Å². The summed E-state index contributed by atoms with van der Waals surface area (Å²) in [5.74, 6) is 0. The van der Waals surface area contributed by atoms with Gasteiger partial charge < -0.3 is 4.57 Å². The fraction of sp³-hybridized carbons (Fsp3) is 0.200. The van der Waals surface area contributed by atoms with Crippen molar-refractivity contribution in [3.8, 4) is 0 Å². The summed E-state index contributed by atoms with van der Waals surface area (Å²) in [6, 6.07) is 3.29. The largest absolute Gasteiger partial charge is 0.323 e. The van der Waals surface area contributed by atoms with E-state index in [-0.39, 0.29) is 0 Å². The average Bonchev–Trinajstić information content (AvgIpc) is 2.36. The SMILES string of the molecule is O=S1(=O)NCn2cccc21. The molecule has 0 bridgehead atoms. The van der Waals surface area contributed by atoms with Crippen LogP contribution >= 0.6 is 0 Å². The van der Waals surface area contributed by atoms with E-state index < -0.39 is 10.0 Å². The first-order chi connectivity index (χ1) is 4.70. The van der Waals surface area contributed by atoms with Gasteiger partial charge in [-0.15, -0.1) is 0 Å². The Hall–Kier alpha value is -0.810. The molecular formula is C5H6N2O2S. The summed E-state index contributed by atoms with van der Waals surface area (Å²) in [7, 11) is -3.15. The number of nitrogens with one attached hydrogen (secondary N) is 1. The first-order valence-electron chi connectivity index (χ1n) is 2.85. The predicted molar refractivity (Wildman–Crippen MR) is 34.8 cm³/mol. The van der Waals surface area contributed by atoms with Crippen molar-refractivity contribution in [3.05, 3.63) is 18.3 Å². The van der Waals surface area contributed by atoms with Gasteiger partial charge in [-0.2, -0.15) is 4.72 Å². The molecule has 0 atom stereocenters. The Labute approximate surface area is 58.5 Å². The summed E-state index contributed by atoms with van der Waals surface area (Å²) in [4.78, 5) is 0. The Balaban J connectivity index is 2.76. The van der Waals surface area contributed by atoms with Gasteiger partial charge in [0.15, 0.2) is 5.03 Å². The summed E-state index contributed by atoms with van der Waals surface area (Å²) in [5, 5.41) is 0.354. The van der Waals surface area contributed by atoms with Crippen molar-refractivity contribution in [2.45, 2.75) is 11.7 Å². The zero-order valence-electron chi connectivity index (χ0n) is 5.11. The standard InChI is InChI=1S/C5H6N2O2S/c8-10(9)5-2-1-3-7(5)4-6-10/h1-3,6H,4H2. The van der Waals surface area contributed by atoms with Crippen LogP contribution in [0.1, 0.15) is 0 Å². The molecule has 0 saturated carbocycles. The molecule has 2 rings (SSSR count). The van der Waals surface area contributed by atoms with Crippen LogP contribution in [0.15, 0.2) is 23.4 Å². The number of aromatic nitrogens is 1. The van der Waals surface area contributed by atoms with Crippen LogP contribution in [0.5, 0.6) is 0 Å². The summed E-state index contributed by atoms with van der Waals surface area (Å²) in [6.07, 6.45) is 1.73. The zero-order chi connectivity index (χ0) is 7.19. The molecular weight excluding hydrogens is 152 g/mol. The molecule has 0 aliphatic carbocycles. The molecule has 0 amide bonds. The van der Waals surface area contributed by atoms with Gasteiger partial charge in [0.1, 0.15) is 0 Å². The molecule has 0 fully saturated rings. The molecule has 4 nitrogen and oxygen atoms in total. The normalized spacial score (nSPS) is 20.8. The highest BCUT2D eigenvalue weighted by Crippen LogP contribution is 2.14. The molecule has 1 aromatic heterocycles. The van der Waals surface area contributed by atoms with E-state index in [4.69, 9.17) is 0 Å². The summed E-state index contributed by atoms with van der Waals surface area (Å²) < 4.78 is 26.0. The molecule has 0 saturated heterocycles. The van der Waals surface area contributed by atoms with Gasteiger partial charge in [-0.05, 0) is 12.1 Å². The van der Waals surface area contributed by atoms with Crippen LogP contribution in [0.4, 0.5) is 0 Å². The number of hydrogen-bond acceptors (Lipinski definition) is 2. The number of sulfonamides is 1. The van der Waals surface area contributed by atoms with Gasteiger partial charge in [0, 0.05) is 6.20 Å². The maximum atomic E-state index is 11.0. The van der Waals surface area contributed by atoms with Gasteiger partial charge >= 0.3 is 0 Å². The molecule has 10 heavy (non-hydrogen) atoms. The lowest BCUT2D eigenvalue weighted by atomic mass is 10.7. The number of nitrogens with zero attached hydrogens (tertiary/aromatic N) is 1. The van der Waals surface area contributed by atoms with Crippen LogP contribution < -0.4 is 4.72 Å². The van der Waals surface area contributed by atoms with Crippen LogP contribution in [0.25, 0.3) is 0 Å². The van der Waals surface area contributed by atoms with Crippen LogP contribution in [0, 0.1) is 0 Å². The smallest absolute Gasteiger partial charge is 0.257 e. The van der Waals surface area contributed by atoms with Crippen molar-refractivity contribution in [1.82, 2.24) is 9.29 Å². The second kappa shape index (κ2) is 1.62. The highest BCUT2D eigenvalue weighted by molar-refractivity contribution is 7.89. The highest BCUT2D eigenvalue weighted by Gasteiger charge is 2.23. The number of rotatable bonds is 0. The van der Waals surface area contributed by atoms with Crippen LogP contribution in [-0.4, -0.2) is 13.0 Å². The van der Waals surface area contributed by atoms with Gasteiger partial charge in [-0.1, -0.05) is 0 Å². The zero-order valence-corrected chi connectivity index (χ0v) is 5.93. The predicted octanol–water partition coefficient (Wildman–Crippen LogP) is -0.263. The Kier molecular flexibility index (Phi) is 0.959. The molecule has 5 heteroatoms. The van der Waals surface area contributed by atoms with Crippen LogP contribution in [0.3, 0.4) is 0 Å². The summed E-state index contributed by atoms with van der Waals surface area (Å²) in [5.41, 5.74) is 0. The van der Waals surface area contributed by atoms with E-state index in [0.717, 1.165) is 0 Å². The lowest BCUT2D eigenvalue weighted by Gasteiger charge is -1.87. The summed E-state index contributed by atoms with van der Waals surface area (Å²) in [6.45, 7) is 0.366. The maximum absolute atomic E-state index is 11.0. The number of fused-ring (bicyclic) bond motifs is 1. The van der Waals surface area contributed by atoms with E-state index in [2.05, 4.69) is 4.72 Å². The topological polar surface area (TPSA) is 51.1 Å². The van der Waals surface area contributed by atoms with E-state index in [1.54, 1.807) is 22.9 Å².